The van der Waals surface area contributed by atoms with Crippen LogP contribution in [0.15, 0.2) is 18.2 Å². The van der Waals surface area contributed by atoms with Gasteiger partial charge in [-0.1, -0.05) is 25.7 Å². The van der Waals surface area contributed by atoms with Gasteiger partial charge in [-0.2, -0.15) is 0 Å². The fourth-order valence-electron chi connectivity index (χ4n) is 4.17. The summed E-state index contributed by atoms with van der Waals surface area (Å²) in [6, 6.07) is 5.41. The summed E-state index contributed by atoms with van der Waals surface area (Å²) in [7, 11) is 1.59. The second-order valence-electron chi connectivity index (χ2n) is 6.76. The number of rotatable bonds is 3. The predicted molar refractivity (Wildman–Crippen MR) is 96.1 cm³/mol. The van der Waals surface area contributed by atoms with E-state index in [4.69, 9.17) is 10.5 Å². The summed E-state index contributed by atoms with van der Waals surface area (Å²) in [5.74, 6) is 2.57. The topological polar surface area (TPSA) is 64.3 Å². The van der Waals surface area contributed by atoms with Crippen LogP contribution in [0.3, 0.4) is 0 Å². The van der Waals surface area contributed by atoms with Crippen molar-refractivity contribution >= 4 is 29.7 Å². The molecule has 0 aliphatic heterocycles. The van der Waals surface area contributed by atoms with E-state index < -0.39 is 0 Å². The smallest absolute Gasteiger partial charge is 0.227 e. The lowest BCUT2D eigenvalue weighted by atomic mass is 9.67. The fourth-order valence-corrected chi connectivity index (χ4v) is 4.17. The van der Waals surface area contributed by atoms with Gasteiger partial charge in [0, 0.05) is 11.6 Å². The van der Waals surface area contributed by atoms with Crippen molar-refractivity contribution in [3.63, 3.8) is 0 Å². The number of hydrogen-bond donors (Lipinski definition) is 2. The quantitative estimate of drug-likeness (QED) is 0.810. The first kappa shape index (κ1) is 17.9. The van der Waals surface area contributed by atoms with E-state index in [1.54, 1.807) is 19.2 Å². The molecule has 0 bridgehead atoms. The van der Waals surface area contributed by atoms with Crippen LogP contribution in [0.25, 0.3) is 0 Å². The number of fused-ring (bicyclic) bond motifs is 1. The van der Waals surface area contributed by atoms with Gasteiger partial charge in [0.25, 0.3) is 0 Å². The summed E-state index contributed by atoms with van der Waals surface area (Å²) in [6.45, 7) is 0. The molecule has 0 spiro atoms. The van der Waals surface area contributed by atoms with Gasteiger partial charge in [0.05, 0.1) is 12.8 Å². The average Bonchev–Trinajstić information content (AvgIpc) is 2.54. The molecule has 4 nitrogen and oxygen atoms in total. The van der Waals surface area contributed by atoms with Crippen LogP contribution in [0, 0.1) is 17.8 Å². The molecule has 1 aromatic carbocycles. The third kappa shape index (κ3) is 4.11. The SMILES string of the molecule is COc1ccc(NC(=O)C2CCC3CCCCC3C2)cc1N.Cl. The Morgan fingerprint density at radius 3 is 2.61 bits per heavy atom. The molecule has 0 heterocycles. The van der Waals surface area contributed by atoms with Gasteiger partial charge in [0.1, 0.15) is 5.75 Å². The number of nitrogen functional groups attached to an aromatic ring is 1. The van der Waals surface area contributed by atoms with Gasteiger partial charge in [0.2, 0.25) is 5.91 Å². The van der Waals surface area contributed by atoms with E-state index in [1.807, 2.05) is 6.07 Å². The van der Waals surface area contributed by atoms with E-state index >= 15 is 0 Å². The van der Waals surface area contributed by atoms with Crippen LogP contribution >= 0.6 is 12.4 Å². The highest BCUT2D eigenvalue weighted by Crippen LogP contribution is 2.43. The maximum atomic E-state index is 12.5. The van der Waals surface area contributed by atoms with Crippen LogP contribution in [-0.4, -0.2) is 13.0 Å². The lowest BCUT2D eigenvalue weighted by Crippen LogP contribution is -2.33. The predicted octanol–water partition coefficient (Wildman–Crippen LogP) is 4.24. The molecule has 0 radical (unpaired) electrons. The number of carbonyl (C=O) groups is 1. The monoisotopic (exact) mass is 338 g/mol. The zero-order valence-electron chi connectivity index (χ0n) is 13.7. The summed E-state index contributed by atoms with van der Waals surface area (Å²) in [5, 5.41) is 3.02. The molecule has 1 aromatic rings. The summed E-state index contributed by atoms with van der Waals surface area (Å²) in [5.41, 5.74) is 7.21. The van der Waals surface area contributed by atoms with Crippen molar-refractivity contribution < 1.29 is 9.53 Å². The zero-order chi connectivity index (χ0) is 15.5. The number of carbonyl (C=O) groups excluding carboxylic acids is 1. The van der Waals surface area contributed by atoms with Crippen molar-refractivity contribution in [1.29, 1.82) is 0 Å². The van der Waals surface area contributed by atoms with Crippen molar-refractivity contribution in [1.82, 2.24) is 0 Å². The Morgan fingerprint density at radius 2 is 1.91 bits per heavy atom. The van der Waals surface area contributed by atoms with E-state index in [9.17, 15) is 4.79 Å². The largest absolute Gasteiger partial charge is 0.495 e. The van der Waals surface area contributed by atoms with Gasteiger partial charge < -0.3 is 15.8 Å². The highest BCUT2D eigenvalue weighted by Gasteiger charge is 2.34. The number of nitrogens with one attached hydrogen (secondary N) is 1. The molecule has 128 valence electrons. The summed E-state index contributed by atoms with van der Waals surface area (Å²) in [4.78, 5) is 12.5. The Kier molecular flexibility index (Phi) is 6.17. The first-order valence-electron chi connectivity index (χ1n) is 8.41. The molecule has 2 fully saturated rings. The normalized spacial score (nSPS) is 26.6. The van der Waals surface area contributed by atoms with Crippen molar-refractivity contribution in [3.8, 4) is 5.75 Å². The molecular weight excluding hydrogens is 312 g/mol. The number of benzene rings is 1. The number of amides is 1. The first-order chi connectivity index (χ1) is 10.7. The van der Waals surface area contributed by atoms with Crippen molar-refractivity contribution in [2.75, 3.05) is 18.2 Å². The summed E-state index contributed by atoms with van der Waals surface area (Å²) >= 11 is 0. The molecule has 2 saturated carbocycles. The Labute approximate surface area is 144 Å². The van der Waals surface area contributed by atoms with Gasteiger partial charge in [-0.05, 0) is 49.3 Å². The summed E-state index contributed by atoms with van der Waals surface area (Å²) < 4.78 is 5.14. The lowest BCUT2D eigenvalue weighted by molar-refractivity contribution is -0.122. The van der Waals surface area contributed by atoms with Crippen molar-refractivity contribution in [3.05, 3.63) is 18.2 Å². The standard InChI is InChI=1S/C18H26N2O2.ClH/c1-22-17-9-8-15(11-16(17)19)20-18(21)14-7-6-12-4-2-3-5-13(12)10-14;/h8-9,11-14H,2-7,10,19H2,1H3,(H,20,21);1H. The van der Waals surface area contributed by atoms with Crippen molar-refractivity contribution in [2.24, 2.45) is 17.8 Å². The number of nitrogens with two attached hydrogens (primary N) is 1. The van der Waals surface area contributed by atoms with Crippen molar-refractivity contribution in [2.45, 2.75) is 44.9 Å². The Morgan fingerprint density at radius 1 is 1.17 bits per heavy atom. The molecule has 5 heteroatoms. The third-order valence-corrected chi connectivity index (χ3v) is 5.41. The molecule has 23 heavy (non-hydrogen) atoms. The van der Waals surface area contributed by atoms with Gasteiger partial charge in [0.15, 0.2) is 0 Å². The Balaban J connectivity index is 0.00000192. The maximum absolute atomic E-state index is 12.5. The fraction of sp³-hybridized carbons (Fsp3) is 0.611. The second kappa shape index (κ2) is 7.91. The molecule has 0 saturated heterocycles. The highest BCUT2D eigenvalue weighted by atomic mass is 35.5. The lowest BCUT2D eigenvalue weighted by Gasteiger charge is -2.38. The number of ether oxygens (including phenoxy) is 1. The number of halogens is 1. The van der Waals surface area contributed by atoms with Gasteiger partial charge >= 0.3 is 0 Å². The molecule has 3 unspecified atom stereocenters. The minimum atomic E-state index is 0. The molecule has 3 atom stereocenters. The number of hydrogen-bond acceptors (Lipinski definition) is 3. The molecule has 0 aromatic heterocycles. The highest BCUT2D eigenvalue weighted by molar-refractivity contribution is 5.93. The van der Waals surface area contributed by atoms with Gasteiger partial charge in [-0.25, -0.2) is 0 Å². The number of methoxy groups -OCH3 is 1. The molecule has 3 N–H and O–H groups in total. The van der Waals surface area contributed by atoms with Crippen LogP contribution in [0.2, 0.25) is 0 Å². The molecular formula is C18H27ClN2O2. The second-order valence-corrected chi connectivity index (χ2v) is 6.76. The van der Waals surface area contributed by atoms with E-state index in [2.05, 4.69) is 5.32 Å². The molecule has 2 aliphatic carbocycles. The Bertz CT molecular complexity index is 550. The molecule has 3 rings (SSSR count). The average molecular weight is 339 g/mol. The van der Waals surface area contributed by atoms with Gasteiger partial charge in [-0.3, -0.25) is 4.79 Å². The molecule has 2 aliphatic rings. The van der Waals surface area contributed by atoms with Crippen LogP contribution in [-0.2, 0) is 4.79 Å². The summed E-state index contributed by atoms with van der Waals surface area (Å²) in [6.07, 6.45) is 8.69. The van der Waals surface area contributed by atoms with E-state index in [-0.39, 0.29) is 24.2 Å². The Hall–Kier alpha value is -1.42. The maximum Gasteiger partial charge on any atom is 0.227 e. The van der Waals surface area contributed by atoms with Crippen LogP contribution < -0.4 is 15.8 Å². The van der Waals surface area contributed by atoms with E-state index in [1.165, 1.54) is 32.1 Å². The minimum Gasteiger partial charge on any atom is -0.495 e. The van der Waals surface area contributed by atoms with E-state index in [0.717, 1.165) is 30.4 Å². The first-order valence-corrected chi connectivity index (χ1v) is 8.41. The van der Waals surface area contributed by atoms with Crippen LogP contribution in [0.5, 0.6) is 5.75 Å². The van der Waals surface area contributed by atoms with Gasteiger partial charge in [-0.15, -0.1) is 12.4 Å². The van der Waals surface area contributed by atoms with E-state index in [0.29, 0.717) is 11.4 Å². The molecule has 1 amide bonds. The number of anilines is 2. The van der Waals surface area contributed by atoms with Crippen LogP contribution in [0.4, 0.5) is 11.4 Å². The zero-order valence-corrected chi connectivity index (χ0v) is 14.5. The third-order valence-electron chi connectivity index (χ3n) is 5.41. The minimum absolute atomic E-state index is 0. The van der Waals surface area contributed by atoms with Crippen LogP contribution in [0.1, 0.15) is 44.9 Å².